The number of nitrogens with one attached hydrogen (secondary N) is 1. The minimum Gasteiger partial charge on any atom is -0.370 e. The van der Waals surface area contributed by atoms with Crippen molar-refractivity contribution in [2.75, 3.05) is 0 Å². The molecule has 0 radical (unpaired) electrons. The largest absolute Gasteiger partial charge is 0.370 e. The molecule has 0 bridgehead atoms. The van der Waals surface area contributed by atoms with Crippen LogP contribution in [0, 0.1) is 0 Å². The van der Waals surface area contributed by atoms with Gasteiger partial charge in [0.1, 0.15) is 0 Å². The summed E-state index contributed by atoms with van der Waals surface area (Å²) >= 11 is 0. The minimum atomic E-state index is -0.274. The van der Waals surface area contributed by atoms with E-state index in [2.05, 4.69) is 35.3 Å². The highest BCUT2D eigenvalue weighted by atomic mass is 16.1. The predicted octanol–water partition coefficient (Wildman–Crippen LogP) is 1.25. The van der Waals surface area contributed by atoms with E-state index in [1.165, 1.54) is 5.56 Å². The average Bonchev–Trinajstić information content (AvgIpc) is 2.60. The summed E-state index contributed by atoms with van der Waals surface area (Å²) in [5.74, 6) is -0.274. The summed E-state index contributed by atoms with van der Waals surface area (Å²) in [7, 11) is 0. The summed E-state index contributed by atoms with van der Waals surface area (Å²) in [4.78, 5) is 10.9. The molecule has 90 valence electrons. The van der Waals surface area contributed by atoms with Crippen LogP contribution >= 0.6 is 0 Å². The maximum atomic E-state index is 10.9. The number of aromatic nitrogens is 1. The van der Waals surface area contributed by atoms with Gasteiger partial charge in [0.05, 0.1) is 0 Å². The molecule has 0 fully saturated rings. The maximum absolute atomic E-state index is 10.9. The molecule has 1 amide bonds. The lowest BCUT2D eigenvalue weighted by Crippen LogP contribution is -2.42. The third-order valence-corrected chi connectivity index (χ3v) is 2.56. The van der Waals surface area contributed by atoms with E-state index < -0.39 is 0 Å². The van der Waals surface area contributed by atoms with Gasteiger partial charge in [0.2, 0.25) is 5.91 Å². The highest BCUT2D eigenvalue weighted by Crippen LogP contribution is 2.10. The van der Waals surface area contributed by atoms with E-state index in [4.69, 9.17) is 5.73 Å². The molecule has 0 spiro atoms. The molecule has 4 heteroatoms. The number of aryl methyl sites for hydroxylation is 1. The smallest absolute Gasteiger partial charge is 0.219 e. The summed E-state index contributed by atoms with van der Waals surface area (Å²) < 4.78 is 2.12. The Labute approximate surface area is 96.8 Å². The van der Waals surface area contributed by atoms with Gasteiger partial charge in [-0.3, -0.25) is 4.79 Å². The Morgan fingerprint density at radius 2 is 2.25 bits per heavy atom. The predicted molar refractivity (Wildman–Crippen MR) is 64.8 cm³/mol. The molecular weight excluding hydrogens is 202 g/mol. The normalized spacial score (nSPS) is 11.7. The molecule has 16 heavy (non-hydrogen) atoms. The summed E-state index contributed by atoms with van der Waals surface area (Å²) in [6, 6.07) is 2.08. The lowest BCUT2D eigenvalue weighted by atomic mass is 10.00. The Morgan fingerprint density at radius 1 is 1.56 bits per heavy atom. The number of primary amides is 1. The highest BCUT2D eigenvalue weighted by Gasteiger charge is 2.19. The number of amides is 1. The Bertz CT molecular complexity index is 355. The van der Waals surface area contributed by atoms with Gasteiger partial charge in [-0.1, -0.05) is 0 Å². The first-order valence-corrected chi connectivity index (χ1v) is 5.61. The van der Waals surface area contributed by atoms with Crippen molar-refractivity contribution in [1.82, 2.24) is 9.88 Å². The monoisotopic (exact) mass is 223 g/mol. The molecular formula is C12H21N3O. The van der Waals surface area contributed by atoms with E-state index in [0.29, 0.717) is 6.42 Å². The topological polar surface area (TPSA) is 60.1 Å². The van der Waals surface area contributed by atoms with Crippen molar-refractivity contribution in [2.24, 2.45) is 5.73 Å². The highest BCUT2D eigenvalue weighted by molar-refractivity contribution is 5.74. The summed E-state index contributed by atoms with van der Waals surface area (Å²) in [6.45, 7) is 7.80. The molecule has 1 heterocycles. The molecule has 1 aromatic heterocycles. The van der Waals surface area contributed by atoms with Gasteiger partial charge in [0.25, 0.3) is 0 Å². The summed E-state index contributed by atoms with van der Waals surface area (Å²) in [5, 5.41) is 3.33. The first kappa shape index (κ1) is 12.8. The molecule has 0 atom stereocenters. The number of nitrogens with zero attached hydrogens (tertiary/aromatic N) is 1. The van der Waals surface area contributed by atoms with E-state index in [0.717, 1.165) is 13.1 Å². The number of hydrogen-bond acceptors (Lipinski definition) is 2. The second kappa shape index (κ2) is 5.16. The van der Waals surface area contributed by atoms with Crippen LogP contribution in [0.15, 0.2) is 18.5 Å². The van der Waals surface area contributed by atoms with E-state index in [-0.39, 0.29) is 11.4 Å². The molecule has 0 aliphatic carbocycles. The average molecular weight is 223 g/mol. The zero-order valence-electron chi connectivity index (χ0n) is 10.3. The van der Waals surface area contributed by atoms with E-state index in [1.54, 1.807) is 0 Å². The number of rotatable bonds is 6. The lowest BCUT2D eigenvalue weighted by Gasteiger charge is -2.24. The molecule has 0 aliphatic rings. The van der Waals surface area contributed by atoms with Gasteiger partial charge in [0.15, 0.2) is 0 Å². The van der Waals surface area contributed by atoms with Gasteiger partial charge in [0, 0.05) is 37.4 Å². The van der Waals surface area contributed by atoms with Crippen LogP contribution in [0.4, 0.5) is 0 Å². The molecule has 1 rings (SSSR count). The van der Waals surface area contributed by atoms with E-state index >= 15 is 0 Å². The zero-order chi connectivity index (χ0) is 12.2. The summed E-state index contributed by atoms with van der Waals surface area (Å²) in [5.41, 5.74) is 6.16. The second-order valence-corrected chi connectivity index (χ2v) is 4.73. The Balaban J connectivity index is 2.47. The van der Waals surface area contributed by atoms with Gasteiger partial charge >= 0.3 is 0 Å². The van der Waals surface area contributed by atoms with Crippen LogP contribution in [-0.2, 0) is 17.9 Å². The number of hydrogen-bond donors (Lipinski definition) is 2. The molecule has 0 saturated carbocycles. The van der Waals surface area contributed by atoms with Crippen LogP contribution in [0.2, 0.25) is 0 Å². The maximum Gasteiger partial charge on any atom is 0.219 e. The quantitative estimate of drug-likeness (QED) is 0.762. The molecule has 0 aromatic carbocycles. The fourth-order valence-electron chi connectivity index (χ4n) is 1.63. The number of carbonyl (C=O) groups excluding carboxylic acids is 1. The van der Waals surface area contributed by atoms with Gasteiger partial charge in [-0.25, -0.2) is 0 Å². The van der Waals surface area contributed by atoms with Crippen molar-refractivity contribution >= 4 is 5.91 Å². The van der Waals surface area contributed by atoms with Crippen LogP contribution in [0.3, 0.4) is 0 Å². The molecule has 1 aromatic rings. The third kappa shape index (κ3) is 4.06. The van der Waals surface area contributed by atoms with E-state index in [9.17, 15) is 4.79 Å². The van der Waals surface area contributed by atoms with Crippen LogP contribution in [0.1, 0.15) is 32.8 Å². The van der Waals surface area contributed by atoms with Crippen LogP contribution < -0.4 is 11.1 Å². The Morgan fingerprint density at radius 3 is 2.75 bits per heavy atom. The van der Waals surface area contributed by atoms with E-state index in [1.807, 2.05) is 13.8 Å². The standard InChI is InChI=1S/C12H21N3O/c1-4-15-6-5-10(9-15)8-14-12(2,3)7-11(13)16/h5-6,9,14H,4,7-8H2,1-3H3,(H2,13,16). The van der Waals surface area contributed by atoms with Gasteiger partial charge in [-0.05, 0) is 32.4 Å². The number of nitrogens with two attached hydrogens (primary N) is 1. The second-order valence-electron chi connectivity index (χ2n) is 4.73. The van der Waals surface area contributed by atoms with Crippen LogP contribution in [0.25, 0.3) is 0 Å². The molecule has 0 aliphatic heterocycles. The van der Waals surface area contributed by atoms with Gasteiger partial charge in [-0.2, -0.15) is 0 Å². The van der Waals surface area contributed by atoms with Crippen molar-refractivity contribution in [1.29, 1.82) is 0 Å². The fourth-order valence-corrected chi connectivity index (χ4v) is 1.63. The molecule has 0 unspecified atom stereocenters. The molecule has 0 saturated heterocycles. The van der Waals surface area contributed by atoms with Crippen molar-refractivity contribution in [3.8, 4) is 0 Å². The first-order chi connectivity index (χ1) is 7.43. The van der Waals surface area contributed by atoms with Crippen molar-refractivity contribution < 1.29 is 4.79 Å². The van der Waals surface area contributed by atoms with Crippen molar-refractivity contribution in [3.05, 3.63) is 24.0 Å². The van der Waals surface area contributed by atoms with Gasteiger partial charge in [-0.15, -0.1) is 0 Å². The summed E-state index contributed by atoms with van der Waals surface area (Å²) in [6.07, 6.45) is 4.51. The zero-order valence-corrected chi connectivity index (χ0v) is 10.3. The van der Waals surface area contributed by atoms with Gasteiger partial charge < -0.3 is 15.6 Å². The first-order valence-electron chi connectivity index (χ1n) is 5.61. The SMILES string of the molecule is CCn1ccc(CNC(C)(C)CC(N)=O)c1. The fraction of sp³-hybridized carbons (Fsp3) is 0.583. The van der Waals surface area contributed by atoms with Crippen LogP contribution in [0.5, 0.6) is 0 Å². The number of carbonyl (C=O) groups is 1. The molecule has 4 nitrogen and oxygen atoms in total. The lowest BCUT2D eigenvalue weighted by molar-refractivity contribution is -0.119. The van der Waals surface area contributed by atoms with Crippen molar-refractivity contribution in [2.45, 2.75) is 45.8 Å². The Hall–Kier alpha value is -1.29. The Kier molecular flexibility index (Phi) is 4.12. The molecule has 3 N–H and O–H groups in total. The third-order valence-electron chi connectivity index (χ3n) is 2.56. The minimum absolute atomic E-state index is 0.250. The van der Waals surface area contributed by atoms with Crippen molar-refractivity contribution in [3.63, 3.8) is 0 Å². The van der Waals surface area contributed by atoms with Crippen LogP contribution in [-0.4, -0.2) is 16.0 Å².